The summed E-state index contributed by atoms with van der Waals surface area (Å²) in [5, 5.41) is 1.33. The number of rotatable bonds is 6. The summed E-state index contributed by atoms with van der Waals surface area (Å²) in [5.74, 6) is 7.23. The minimum atomic E-state index is -1.81. The summed E-state index contributed by atoms with van der Waals surface area (Å²) < 4.78 is 7.63. The van der Waals surface area contributed by atoms with Gasteiger partial charge in [0, 0.05) is 0 Å². The third-order valence-corrected chi connectivity index (χ3v) is 12.1. The zero-order valence-corrected chi connectivity index (χ0v) is 18.6. The molecule has 1 aromatic heterocycles. The number of furan rings is 1. The molecule has 1 atom stereocenters. The summed E-state index contributed by atoms with van der Waals surface area (Å²) in [5.41, 5.74) is 0. The molecule has 126 valence electrons. The number of likely N-dealkylation sites (tertiary alicyclic amines) is 1. The van der Waals surface area contributed by atoms with Crippen molar-refractivity contribution in [2.75, 3.05) is 13.1 Å². The molecular weight excluding hydrogens is 347 g/mol. The van der Waals surface area contributed by atoms with Crippen molar-refractivity contribution in [2.45, 2.75) is 75.1 Å². The van der Waals surface area contributed by atoms with E-state index in [1.54, 1.807) is 0 Å². The van der Waals surface area contributed by atoms with E-state index in [0.717, 1.165) is 6.04 Å². The fourth-order valence-electron chi connectivity index (χ4n) is 3.44. The molecular formula is C18H35GeNOSi. The van der Waals surface area contributed by atoms with E-state index in [4.69, 9.17) is 4.42 Å². The van der Waals surface area contributed by atoms with Gasteiger partial charge in [-0.3, -0.25) is 0 Å². The molecule has 0 aromatic carbocycles. The van der Waals surface area contributed by atoms with Gasteiger partial charge in [-0.15, -0.1) is 0 Å². The first-order chi connectivity index (χ1) is 10.2. The Kier molecular flexibility index (Phi) is 6.06. The third kappa shape index (κ3) is 4.75. The minimum absolute atomic E-state index is 0.794. The molecule has 2 heterocycles. The van der Waals surface area contributed by atoms with Gasteiger partial charge in [-0.2, -0.15) is 0 Å². The molecule has 2 nitrogen and oxygen atoms in total. The van der Waals surface area contributed by atoms with Gasteiger partial charge in [-0.05, 0) is 0 Å². The Balaban J connectivity index is 1.89. The molecule has 4 heteroatoms. The zero-order chi connectivity index (χ0) is 16.4. The van der Waals surface area contributed by atoms with Gasteiger partial charge in [0.25, 0.3) is 0 Å². The molecule has 0 saturated carbocycles. The molecule has 1 unspecified atom stereocenters. The molecule has 1 aromatic rings. The molecule has 1 aliphatic heterocycles. The Morgan fingerprint density at radius 3 is 2.55 bits per heavy atom. The molecule has 1 aliphatic rings. The number of piperidine rings is 1. The van der Waals surface area contributed by atoms with Gasteiger partial charge in [0.1, 0.15) is 0 Å². The first-order valence-corrected chi connectivity index (χ1v) is 19.6. The van der Waals surface area contributed by atoms with Crippen LogP contribution >= 0.6 is 0 Å². The number of nitrogens with zero attached hydrogens (tertiary/aromatic N) is 1. The maximum atomic E-state index is 6.31. The Morgan fingerprint density at radius 1 is 1.23 bits per heavy atom. The molecule has 1 saturated heterocycles. The van der Waals surface area contributed by atoms with Crippen molar-refractivity contribution in [1.29, 1.82) is 0 Å². The van der Waals surface area contributed by atoms with Crippen LogP contribution in [0.2, 0.25) is 36.4 Å². The summed E-state index contributed by atoms with van der Waals surface area (Å²) in [7, 11) is -1.41. The standard InChI is InChI=1S/C18H35GeNOSi/c1-16-10-7-8-13-20(16)14-9-15-22(5,6)18-12-11-17(21-18)19(2,3)4/h11-12,16H,7-10,13-15H2,1-6H3. The van der Waals surface area contributed by atoms with Gasteiger partial charge in [0.05, 0.1) is 0 Å². The van der Waals surface area contributed by atoms with Crippen LogP contribution in [0.3, 0.4) is 0 Å². The number of hydrogen-bond acceptors (Lipinski definition) is 2. The second-order valence-electron chi connectivity index (χ2n) is 8.78. The fourth-order valence-corrected chi connectivity index (χ4v) is 7.96. The summed E-state index contributed by atoms with van der Waals surface area (Å²) in [6.45, 7) is 9.94. The SMILES string of the molecule is CC1CCCCN1CCC[Si](C)(C)c1cc[c]([Ge]([CH3])([CH3])[CH3])o1. The van der Waals surface area contributed by atoms with Gasteiger partial charge in [-0.25, -0.2) is 0 Å². The number of hydrogen-bond donors (Lipinski definition) is 0. The molecule has 1 fully saturated rings. The molecule has 0 amide bonds. The van der Waals surface area contributed by atoms with E-state index >= 15 is 0 Å². The van der Waals surface area contributed by atoms with Crippen molar-refractivity contribution < 1.29 is 4.42 Å². The van der Waals surface area contributed by atoms with Gasteiger partial charge in [0.15, 0.2) is 0 Å². The van der Waals surface area contributed by atoms with Gasteiger partial charge in [-0.1, -0.05) is 0 Å². The fraction of sp³-hybridized carbons (Fsp3) is 0.778. The van der Waals surface area contributed by atoms with Crippen molar-refractivity contribution >= 4 is 31.3 Å². The molecule has 0 N–H and O–H groups in total. The van der Waals surface area contributed by atoms with E-state index in [0.29, 0.717) is 0 Å². The van der Waals surface area contributed by atoms with Crippen LogP contribution in [0.15, 0.2) is 16.5 Å². The van der Waals surface area contributed by atoms with Crippen molar-refractivity contribution in [2.24, 2.45) is 0 Å². The van der Waals surface area contributed by atoms with Crippen molar-refractivity contribution in [3.63, 3.8) is 0 Å². The van der Waals surface area contributed by atoms with Crippen LogP contribution < -0.4 is 9.98 Å². The maximum absolute atomic E-state index is 6.31. The van der Waals surface area contributed by atoms with E-state index in [1.165, 1.54) is 54.8 Å². The van der Waals surface area contributed by atoms with Crippen molar-refractivity contribution in [3.05, 3.63) is 12.1 Å². The van der Waals surface area contributed by atoms with Crippen LogP contribution in [0.4, 0.5) is 0 Å². The Hall–Kier alpha value is -0.000260. The monoisotopic (exact) mass is 383 g/mol. The van der Waals surface area contributed by atoms with Crippen molar-refractivity contribution in [3.8, 4) is 0 Å². The first kappa shape index (κ1) is 18.3. The topological polar surface area (TPSA) is 16.4 Å². The normalized spacial score (nSPS) is 21.3. The average Bonchev–Trinajstić information content (AvgIpc) is 2.91. The second kappa shape index (κ2) is 7.27. The predicted octanol–water partition coefficient (Wildman–Crippen LogP) is 4.00. The molecule has 22 heavy (non-hydrogen) atoms. The molecule has 0 bridgehead atoms. The molecule has 0 radical (unpaired) electrons. The summed E-state index contributed by atoms with van der Waals surface area (Å²) in [6.07, 6.45) is 5.53. The Bertz CT molecular complexity index is 478. The van der Waals surface area contributed by atoms with Crippen LogP contribution in [0.1, 0.15) is 32.6 Å². The Labute approximate surface area is 141 Å². The van der Waals surface area contributed by atoms with Crippen LogP contribution in [-0.4, -0.2) is 45.4 Å². The quantitative estimate of drug-likeness (QED) is 0.692. The van der Waals surface area contributed by atoms with E-state index in [1.807, 2.05) is 0 Å². The summed E-state index contributed by atoms with van der Waals surface area (Å²) in [4.78, 5) is 2.70. The van der Waals surface area contributed by atoms with Crippen LogP contribution in [0.25, 0.3) is 0 Å². The van der Waals surface area contributed by atoms with E-state index in [2.05, 4.69) is 54.3 Å². The first-order valence-electron chi connectivity index (χ1n) is 9.05. The average molecular weight is 382 g/mol. The zero-order valence-electron chi connectivity index (χ0n) is 15.5. The molecule has 0 aliphatic carbocycles. The van der Waals surface area contributed by atoms with Gasteiger partial charge in [0.2, 0.25) is 0 Å². The van der Waals surface area contributed by atoms with E-state index in [-0.39, 0.29) is 0 Å². The molecule has 0 spiro atoms. The predicted molar refractivity (Wildman–Crippen MR) is 103 cm³/mol. The van der Waals surface area contributed by atoms with E-state index in [9.17, 15) is 0 Å². The van der Waals surface area contributed by atoms with Gasteiger partial charge < -0.3 is 0 Å². The van der Waals surface area contributed by atoms with Crippen LogP contribution in [0.5, 0.6) is 0 Å². The second-order valence-corrected chi connectivity index (χ2v) is 24.0. The van der Waals surface area contributed by atoms with Crippen LogP contribution in [-0.2, 0) is 0 Å². The van der Waals surface area contributed by atoms with Crippen molar-refractivity contribution in [1.82, 2.24) is 4.90 Å². The summed E-state index contributed by atoms with van der Waals surface area (Å²) in [6, 6.07) is 6.71. The Morgan fingerprint density at radius 2 is 1.95 bits per heavy atom. The van der Waals surface area contributed by atoms with Crippen LogP contribution in [0, 0.1) is 0 Å². The van der Waals surface area contributed by atoms with E-state index < -0.39 is 21.3 Å². The van der Waals surface area contributed by atoms with Gasteiger partial charge >= 0.3 is 141 Å². The molecule has 2 rings (SSSR count). The third-order valence-electron chi connectivity index (χ3n) is 5.20. The summed E-state index contributed by atoms with van der Waals surface area (Å²) >= 11 is -1.81.